The van der Waals surface area contributed by atoms with Gasteiger partial charge >= 0.3 is 0 Å². The van der Waals surface area contributed by atoms with Crippen molar-refractivity contribution < 1.29 is 13.2 Å². The fraction of sp³-hybridized carbons (Fsp3) is 0.222. The van der Waals surface area contributed by atoms with Crippen LogP contribution in [0.2, 0.25) is 0 Å². The maximum atomic E-state index is 13.4. The third-order valence-electron chi connectivity index (χ3n) is 3.74. The number of anilines is 1. The zero-order valence-corrected chi connectivity index (χ0v) is 13.5. The lowest BCUT2D eigenvalue weighted by atomic mass is 10.1. The van der Waals surface area contributed by atoms with Crippen molar-refractivity contribution in [1.29, 1.82) is 0 Å². The maximum Gasteiger partial charge on any atom is 0.247 e. The van der Waals surface area contributed by atoms with E-state index in [-0.39, 0.29) is 0 Å². The Morgan fingerprint density at radius 3 is 2.42 bits per heavy atom. The summed E-state index contributed by atoms with van der Waals surface area (Å²) in [5, 5.41) is 8.09. The van der Waals surface area contributed by atoms with Crippen LogP contribution in [0.1, 0.15) is 18.4 Å². The van der Waals surface area contributed by atoms with E-state index in [0.717, 1.165) is 23.3 Å². The fourth-order valence-corrected chi connectivity index (χ4v) is 2.36. The molecule has 1 aromatic heterocycles. The number of benzene rings is 2. The van der Waals surface area contributed by atoms with Gasteiger partial charge in [0, 0.05) is 23.9 Å². The van der Waals surface area contributed by atoms with Gasteiger partial charge in [-0.1, -0.05) is 17.7 Å². The van der Waals surface area contributed by atoms with Gasteiger partial charge in [0.05, 0.1) is 6.54 Å². The van der Waals surface area contributed by atoms with Gasteiger partial charge < -0.3 is 9.32 Å². The third kappa shape index (κ3) is 3.42. The Labute approximate surface area is 138 Å². The molecule has 124 valence electrons. The zero-order chi connectivity index (χ0) is 17.1. The summed E-state index contributed by atoms with van der Waals surface area (Å²) < 4.78 is 32.2. The molecule has 3 aromatic rings. The molecule has 1 heterocycles. The predicted molar refractivity (Wildman–Crippen MR) is 87.6 cm³/mol. The van der Waals surface area contributed by atoms with Crippen molar-refractivity contribution in [3.05, 3.63) is 65.6 Å². The number of halogens is 2. The molecule has 3 rings (SSSR count). The lowest BCUT2D eigenvalue weighted by Gasteiger charge is -2.21. The molecule has 24 heavy (non-hydrogen) atoms. The van der Waals surface area contributed by atoms with Gasteiger partial charge in [-0.15, -0.1) is 10.2 Å². The Morgan fingerprint density at radius 1 is 1.00 bits per heavy atom. The van der Waals surface area contributed by atoms with Crippen LogP contribution < -0.4 is 4.90 Å². The lowest BCUT2D eigenvalue weighted by molar-refractivity contribution is 0.496. The highest BCUT2D eigenvalue weighted by Crippen LogP contribution is 2.22. The van der Waals surface area contributed by atoms with Crippen molar-refractivity contribution in [2.24, 2.45) is 0 Å². The van der Waals surface area contributed by atoms with Crippen LogP contribution in [0.25, 0.3) is 11.5 Å². The summed E-state index contributed by atoms with van der Waals surface area (Å²) in [6.07, 6.45) is 0. The Balaban J connectivity index is 1.79. The Hall–Kier alpha value is -2.76. The molecule has 0 bridgehead atoms. The van der Waals surface area contributed by atoms with Gasteiger partial charge in [0.15, 0.2) is 11.6 Å². The van der Waals surface area contributed by atoms with Crippen molar-refractivity contribution in [3.8, 4) is 11.5 Å². The fourth-order valence-electron chi connectivity index (χ4n) is 2.36. The number of hydrogen-bond donors (Lipinski definition) is 0. The van der Waals surface area contributed by atoms with Crippen molar-refractivity contribution >= 4 is 5.69 Å². The molecule has 0 saturated heterocycles. The summed E-state index contributed by atoms with van der Waals surface area (Å²) in [4.78, 5) is 1.83. The van der Waals surface area contributed by atoms with Crippen LogP contribution in [-0.2, 0) is 6.54 Å². The molecular formula is C18H17F2N3O. The molecule has 0 aliphatic rings. The zero-order valence-electron chi connectivity index (χ0n) is 13.5. The molecule has 0 unspecified atom stereocenters. The van der Waals surface area contributed by atoms with Crippen LogP contribution >= 0.6 is 0 Å². The van der Waals surface area contributed by atoms with Crippen molar-refractivity contribution in [1.82, 2.24) is 10.2 Å². The molecule has 0 fully saturated rings. The molecule has 4 nitrogen and oxygen atoms in total. The number of nitrogens with zero attached hydrogens (tertiary/aromatic N) is 3. The van der Waals surface area contributed by atoms with Crippen molar-refractivity contribution in [3.63, 3.8) is 0 Å². The van der Waals surface area contributed by atoms with Gasteiger partial charge in [-0.2, -0.15) is 0 Å². The minimum Gasteiger partial charge on any atom is -0.419 e. The smallest absolute Gasteiger partial charge is 0.247 e. The van der Waals surface area contributed by atoms with E-state index < -0.39 is 11.6 Å². The second-order valence-electron chi connectivity index (χ2n) is 5.48. The molecule has 0 aliphatic heterocycles. The average Bonchev–Trinajstić information content (AvgIpc) is 3.04. The number of rotatable bonds is 5. The van der Waals surface area contributed by atoms with Crippen LogP contribution in [0, 0.1) is 18.6 Å². The van der Waals surface area contributed by atoms with Gasteiger partial charge in [-0.05, 0) is 38.1 Å². The predicted octanol–water partition coefficient (Wildman–Crippen LogP) is 4.35. The standard InChI is InChI=1S/C18H17F2N3O/c1-3-23(14-8-9-15(19)16(20)10-14)11-17-21-22-18(24-17)13-6-4-12(2)5-7-13/h4-10H,3,11H2,1-2H3. The second-order valence-corrected chi connectivity index (χ2v) is 5.48. The highest BCUT2D eigenvalue weighted by Gasteiger charge is 2.14. The Morgan fingerprint density at radius 2 is 1.75 bits per heavy atom. The van der Waals surface area contributed by atoms with E-state index in [1.54, 1.807) is 0 Å². The summed E-state index contributed by atoms with van der Waals surface area (Å²) in [7, 11) is 0. The lowest BCUT2D eigenvalue weighted by Crippen LogP contribution is -2.22. The Bertz CT molecular complexity index is 831. The molecule has 0 aliphatic carbocycles. The first kappa shape index (κ1) is 16.1. The van der Waals surface area contributed by atoms with Gasteiger partial charge in [0.1, 0.15) is 0 Å². The third-order valence-corrected chi connectivity index (χ3v) is 3.74. The second kappa shape index (κ2) is 6.78. The molecular weight excluding hydrogens is 312 g/mol. The van der Waals surface area contributed by atoms with Crippen LogP contribution in [0.3, 0.4) is 0 Å². The molecule has 0 atom stereocenters. The van der Waals surface area contributed by atoms with Crippen LogP contribution in [-0.4, -0.2) is 16.7 Å². The molecule has 0 spiro atoms. The van der Waals surface area contributed by atoms with E-state index in [9.17, 15) is 8.78 Å². The molecule has 0 N–H and O–H groups in total. The number of aromatic nitrogens is 2. The maximum absolute atomic E-state index is 13.4. The van der Waals surface area contributed by atoms with E-state index in [2.05, 4.69) is 10.2 Å². The molecule has 2 aromatic carbocycles. The summed E-state index contributed by atoms with van der Waals surface area (Å²) >= 11 is 0. The highest BCUT2D eigenvalue weighted by molar-refractivity contribution is 5.53. The van der Waals surface area contributed by atoms with E-state index in [4.69, 9.17) is 4.42 Å². The minimum absolute atomic E-state index is 0.320. The molecule has 0 saturated carbocycles. The largest absolute Gasteiger partial charge is 0.419 e. The summed E-state index contributed by atoms with van der Waals surface area (Å²) in [5.74, 6) is -0.894. The normalized spacial score (nSPS) is 10.8. The van der Waals surface area contributed by atoms with E-state index in [1.807, 2.05) is 43.0 Å². The molecule has 0 amide bonds. The van der Waals surface area contributed by atoms with Gasteiger partial charge in [-0.25, -0.2) is 8.78 Å². The number of hydrogen-bond acceptors (Lipinski definition) is 4. The number of aryl methyl sites for hydroxylation is 1. The summed E-state index contributed by atoms with van der Waals surface area (Å²) in [6.45, 7) is 4.83. The van der Waals surface area contributed by atoms with Crippen LogP contribution in [0.5, 0.6) is 0 Å². The first-order chi connectivity index (χ1) is 11.6. The van der Waals surface area contributed by atoms with Crippen LogP contribution in [0.4, 0.5) is 14.5 Å². The Kier molecular flexibility index (Phi) is 4.55. The average molecular weight is 329 g/mol. The van der Waals surface area contributed by atoms with Crippen molar-refractivity contribution in [2.75, 3.05) is 11.4 Å². The van der Waals surface area contributed by atoms with E-state index in [1.165, 1.54) is 6.07 Å². The monoisotopic (exact) mass is 329 g/mol. The van der Waals surface area contributed by atoms with E-state index in [0.29, 0.717) is 30.6 Å². The molecule has 0 radical (unpaired) electrons. The SMILES string of the molecule is CCN(Cc1nnc(-c2ccc(C)cc2)o1)c1ccc(F)c(F)c1. The first-order valence-electron chi connectivity index (χ1n) is 7.66. The van der Waals surface area contributed by atoms with Gasteiger partial charge in [-0.3, -0.25) is 0 Å². The van der Waals surface area contributed by atoms with Crippen LogP contribution in [0.15, 0.2) is 46.9 Å². The quantitative estimate of drug-likeness (QED) is 0.698. The van der Waals surface area contributed by atoms with Gasteiger partial charge in [0.2, 0.25) is 11.8 Å². The topological polar surface area (TPSA) is 42.2 Å². The summed E-state index contributed by atoms with van der Waals surface area (Å²) in [5.41, 5.74) is 2.55. The summed E-state index contributed by atoms with van der Waals surface area (Å²) in [6, 6.07) is 11.6. The minimum atomic E-state index is -0.878. The molecule has 6 heteroatoms. The highest BCUT2D eigenvalue weighted by atomic mass is 19.2. The van der Waals surface area contributed by atoms with Gasteiger partial charge in [0.25, 0.3) is 0 Å². The first-order valence-corrected chi connectivity index (χ1v) is 7.66. The van der Waals surface area contributed by atoms with Crippen molar-refractivity contribution in [2.45, 2.75) is 20.4 Å². The van der Waals surface area contributed by atoms with E-state index >= 15 is 0 Å².